The minimum Gasteiger partial charge on any atom is -0.467 e. The molecule has 98 valence electrons. The molecule has 0 saturated carbocycles. The molecule has 0 heterocycles. The fraction of sp³-hybridized carbons (Fsp3) is 0.333. The molecular formula is C12H14BrNO3S. The molecule has 0 aliphatic rings. The van der Waals surface area contributed by atoms with Crippen LogP contribution in [-0.4, -0.2) is 37.0 Å². The Morgan fingerprint density at radius 3 is 2.78 bits per heavy atom. The number of ether oxygens (including phenoxy) is 1. The van der Waals surface area contributed by atoms with Gasteiger partial charge in [-0.1, -0.05) is 22.0 Å². The molecule has 1 aromatic carbocycles. The quantitative estimate of drug-likeness (QED) is 0.839. The number of benzene rings is 1. The van der Waals surface area contributed by atoms with Crippen LogP contribution in [0.2, 0.25) is 0 Å². The van der Waals surface area contributed by atoms with Crippen LogP contribution in [0.5, 0.6) is 0 Å². The summed E-state index contributed by atoms with van der Waals surface area (Å²) in [6, 6.07) is 6.35. The van der Waals surface area contributed by atoms with Crippen molar-refractivity contribution < 1.29 is 14.3 Å². The summed E-state index contributed by atoms with van der Waals surface area (Å²) >= 11 is 4.76. The molecule has 0 saturated heterocycles. The molecule has 0 spiro atoms. The molecule has 0 fully saturated rings. The van der Waals surface area contributed by atoms with Crippen LogP contribution in [-0.2, 0) is 9.53 Å². The van der Waals surface area contributed by atoms with Crippen LogP contribution in [0.4, 0.5) is 0 Å². The van der Waals surface area contributed by atoms with E-state index in [0.717, 1.165) is 4.47 Å². The van der Waals surface area contributed by atoms with E-state index in [1.54, 1.807) is 18.2 Å². The van der Waals surface area contributed by atoms with Crippen LogP contribution in [0.15, 0.2) is 28.7 Å². The number of esters is 1. The fourth-order valence-corrected chi connectivity index (χ4v) is 2.30. The van der Waals surface area contributed by atoms with E-state index < -0.39 is 12.0 Å². The van der Waals surface area contributed by atoms with Crippen molar-refractivity contribution in [2.75, 3.05) is 19.1 Å². The summed E-state index contributed by atoms with van der Waals surface area (Å²) < 4.78 is 5.46. The number of halogens is 1. The zero-order valence-electron chi connectivity index (χ0n) is 10.1. The number of carbonyl (C=O) groups excluding carboxylic acids is 2. The molecule has 0 aliphatic heterocycles. The summed E-state index contributed by atoms with van der Waals surface area (Å²) in [5.41, 5.74) is 0.499. The predicted molar refractivity (Wildman–Crippen MR) is 75.8 cm³/mol. The fourth-order valence-electron chi connectivity index (χ4n) is 1.35. The van der Waals surface area contributed by atoms with Gasteiger partial charge in [-0.3, -0.25) is 4.79 Å². The molecule has 0 radical (unpaired) electrons. The topological polar surface area (TPSA) is 55.4 Å². The van der Waals surface area contributed by atoms with Crippen LogP contribution in [0, 0.1) is 0 Å². The molecule has 6 heteroatoms. The highest BCUT2D eigenvalue weighted by atomic mass is 79.9. The van der Waals surface area contributed by atoms with Gasteiger partial charge in [0.15, 0.2) is 0 Å². The molecule has 1 atom stereocenters. The number of rotatable bonds is 5. The highest BCUT2D eigenvalue weighted by Crippen LogP contribution is 2.12. The Morgan fingerprint density at radius 2 is 2.22 bits per heavy atom. The molecular weight excluding hydrogens is 318 g/mol. The van der Waals surface area contributed by atoms with E-state index in [-0.39, 0.29) is 5.91 Å². The van der Waals surface area contributed by atoms with Gasteiger partial charge >= 0.3 is 5.97 Å². The Morgan fingerprint density at radius 1 is 1.50 bits per heavy atom. The first-order valence-corrected chi connectivity index (χ1v) is 7.40. The van der Waals surface area contributed by atoms with Crippen LogP contribution in [0.3, 0.4) is 0 Å². The number of methoxy groups -OCH3 is 1. The van der Waals surface area contributed by atoms with Crippen molar-refractivity contribution in [3.05, 3.63) is 34.3 Å². The van der Waals surface area contributed by atoms with E-state index in [4.69, 9.17) is 0 Å². The average Bonchev–Trinajstić information content (AvgIpc) is 2.37. The third kappa shape index (κ3) is 4.34. The van der Waals surface area contributed by atoms with Crippen molar-refractivity contribution >= 4 is 39.6 Å². The maximum Gasteiger partial charge on any atom is 0.329 e. The van der Waals surface area contributed by atoms with Crippen molar-refractivity contribution in [3.8, 4) is 0 Å². The normalized spacial score (nSPS) is 11.7. The number of hydrogen-bond donors (Lipinski definition) is 1. The smallest absolute Gasteiger partial charge is 0.329 e. The zero-order chi connectivity index (χ0) is 13.5. The van der Waals surface area contributed by atoms with Gasteiger partial charge in [-0.25, -0.2) is 4.79 Å². The second-order valence-electron chi connectivity index (χ2n) is 3.51. The average molecular weight is 332 g/mol. The summed E-state index contributed by atoms with van der Waals surface area (Å²) in [6.45, 7) is 0. The van der Waals surface area contributed by atoms with E-state index in [9.17, 15) is 9.59 Å². The Bertz CT molecular complexity index is 439. The highest BCUT2D eigenvalue weighted by molar-refractivity contribution is 9.10. The molecule has 1 N–H and O–H groups in total. The van der Waals surface area contributed by atoms with Gasteiger partial charge in [0, 0.05) is 15.8 Å². The number of carbonyl (C=O) groups is 2. The molecule has 0 unspecified atom stereocenters. The lowest BCUT2D eigenvalue weighted by Crippen LogP contribution is -2.43. The van der Waals surface area contributed by atoms with Crippen LogP contribution in [0.1, 0.15) is 10.4 Å². The lowest BCUT2D eigenvalue weighted by molar-refractivity contribution is -0.142. The van der Waals surface area contributed by atoms with Crippen molar-refractivity contribution in [1.82, 2.24) is 5.32 Å². The second-order valence-corrected chi connectivity index (χ2v) is 5.34. The standard InChI is InChI=1S/C12H14BrNO3S/c1-17-12(16)10(7-18-2)14-11(15)8-4-3-5-9(13)6-8/h3-6,10H,7H2,1-2H3,(H,14,15)/t10-/m0/s1. The highest BCUT2D eigenvalue weighted by Gasteiger charge is 2.21. The number of nitrogens with one attached hydrogen (secondary N) is 1. The van der Waals surface area contributed by atoms with Crippen molar-refractivity contribution in [1.29, 1.82) is 0 Å². The lowest BCUT2D eigenvalue weighted by atomic mass is 10.2. The first kappa shape index (κ1) is 15.0. The second kappa shape index (κ2) is 7.43. The van der Waals surface area contributed by atoms with E-state index in [0.29, 0.717) is 11.3 Å². The third-order valence-electron chi connectivity index (χ3n) is 2.21. The largest absolute Gasteiger partial charge is 0.467 e. The number of hydrogen-bond acceptors (Lipinski definition) is 4. The summed E-state index contributed by atoms with van der Waals surface area (Å²) in [5, 5.41) is 2.66. The minimum atomic E-state index is -0.628. The molecule has 4 nitrogen and oxygen atoms in total. The van der Waals surface area contributed by atoms with E-state index in [1.165, 1.54) is 18.9 Å². The van der Waals surface area contributed by atoms with Gasteiger partial charge in [-0.2, -0.15) is 11.8 Å². The van der Waals surface area contributed by atoms with Gasteiger partial charge in [-0.15, -0.1) is 0 Å². The van der Waals surface area contributed by atoms with Crippen LogP contribution < -0.4 is 5.32 Å². The van der Waals surface area contributed by atoms with Crippen LogP contribution in [0.25, 0.3) is 0 Å². The molecule has 0 aromatic heterocycles. The van der Waals surface area contributed by atoms with Crippen LogP contribution >= 0.6 is 27.7 Å². The van der Waals surface area contributed by atoms with E-state index in [2.05, 4.69) is 26.0 Å². The van der Waals surface area contributed by atoms with Crippen molar-refractivity contribution in [2.45, 2.75) is 6.04 Å². The Kier molecular flexibility index (Phi) is 6.21. The van der Waals surface area contributed by atoms with Gasteiger partial charge < -0.3 is 10.1 Å². The Hall–Kier alpha value is -1.01. The first-order chi connectivity index (χ1) is 8.58. The van der Waals surface area contributed by atoms with Crippen molar-refractivity contribution in [2.24, 2.45) is 0 Å². The minimum absolute atomic E-state index is 0.291. The summed E-state index contributed by atoms with van der Waals surface area (Å²) in [4.78, 5) is 23.4. The Labute approximate surface area is 119 Å². The van der Waals surface area contributed by atoms with Gasteiger partial charge in [0.05, 0.1) is 7.11 Å². The first-order valence-electron chi connectivity index (χ1n) is 5.21. The van der Waals surface area contributed by atoms with Gasteiger partial charge in [0.25, 0.3) is 5.91 Å². The maximum absolute atomic E-state index is 12.0. The van der Waals surface area contributed by atoms with E-state index >= 15 is 0 Å². The maximum atomic E-state index is 12.0. The summed E-state index contributed by atoms with van der Waals surface area (Å²) in [7, 11) is 1.31. The number of thioether (sulfide) groups is 1. The van der Waals surface area contributed by atoms with Gasteiger partial charge in [0.2, 0.25) is 0 Å². The molecule has 1 aromatic rings. The SMILES string of the molecule is COC(=O)[C@H](CSC)NC(=O)c1cccc(Br)c1. The predicted octanol–water partition coefficient (Wildman–Crippen LogP) is 2.08. The summed E-state index contributed by atoms with van der Waals surface area (Å²) in [6.07, 6.45) is 1.86. The van der Waals surface area contributed by atoms with Gasteiger partial charge in [0.1, 0.15) is 6.04 Å². The molecule has 18 heavy (non-hydrogen) atoms. The third-order valence-corrected chi connectivity index (χ3v) is 3.37. The molecule has 1 amide bonds. The molecule has 0 aliphatic carbocycles. The number of amides is 1. The Balaban J connectivity index is 2.75. The van der Waals surface area contributed by atoms with E-state index in [1.807, 2.05) is 12.3 Å². The van der Waals surface area contributed by atoms with Crippen molar-refractivity contribution in [3.63, 3.8) is 0 Å². The summed E-state index contributed by atoms with van der Waals surface area (Å²) in [5.74, 6) is -0.250. The lowest BCUT2D eigenvalue weighted by Gasteiger charge is -2.15. The zero-order valence-corrected chi connectivity index (χ0v) is 12.5. The molecule has 0 bridgehead atoms. The molecule has 1 rings (SSSR count). The van der Waals surface area contributed by atoms with Gasteiger partial charge in [-0.05, 0) is 24.5 Å². The monoisotopic (exact) mass is 331 g/mol.